The van der Waals surface area contributed by atoms with Crippen LogP contribution in [0, 0.1) is 5.92 Å². The lowest BCUT2D eigenvalue weighted by Crippen LogP contribution is -2.19. The smallest absolute Gasteiger partial charge is 0.342 e. The first-order chi connectivity index (χ1) is 13.0. The third-order valence-corrected chi connectivity index (χ3v) is 4.36. The zero-order valence-corrected chi connectivity index (χ0v) is 16.8. The molecule has 5 heteroatoms. The molecule has 1 atom stereocenters. The van der Waals surface area contributed by atoms with Gasteiger partial charge in [0.1, 0.15) is 11.4 Å². The molecule has 0 radical (unpaired) electrons. The molecule has 146 valence electrons. The molecule has 1 fully saturated rings. The van der Waals surface area contributed by atoms with Crippen molar-refractivity contribution in [2.24, 2.45) is 5.92 Å². The third kappa shape index (κ3) is 7.02. The molecule has 1 aliphatic heterocycles. The Morgan fingerprint density at radius 2 is 2.00 bits per heavy atom. The van der Waals surface area contributed by atoms with Crippen LogP contribution in [0.15, 0.2) is 48.7 Å². The van der Waals surface area contributed by atoms with E-state index >= 15 is 0 Å². The van der Waals surface area contributed by atoms with E-state index in [1.54, 1.807) is 25.4 Å². The fourth-order valence-electron chi connectivity index (χ4n) is 3.06. The molecule has 3 rings (SSSR count). The van der Waals surface area contributed by atoms with E-state index in [0.717, 1.165) is 12.5 Å². The summed E-state index contributed by atoms with van der Waals surface area (Å²) in [6.07, 6.45) is 2.87. The number of rotatable bonds is 5. The van der Waals surface area contributed by atoms with Crippen molar-refractivity contribution in [3.8, 4) is 0 Å². The molecule has 1 aliphatic rings. The average Bonchev–Trinajstić information content (AvgIpc) is 3.07. The molecule has 1 saturated heterocycles. The molecule has 1 N–H and O–H groups in total. The van der Waals surface area contributed by atoms with E-state index in [-0.39, 0.29) is 12.1 Å². The monoisotopic (exact) mass is 369 g/mol. The molecule has 5 nitrogen and oxygen atoms in total. The van der Waals surface area contributed by atoms with Gasteiger partial charge >= 0.3 is 5.97 Å². The number of hydrogen-bond acceptors (Lipinski definition) is 5. The second kappa shape index (κ2) is 10.7. The Morgan fingerprint density at radius 3 is 2.59 bits per heavy atom. The van der Waals surface area contributed by atoms with E-state index in [1.807, 2.05) is 13.8 Å². The summed E-state index contributed by atoms with van der Waals surface area (Å²) in [7, 11) is 1.72. The lowest BCUT2D eigenvalue weighted by molar-refractivity contribution is 0.0378. The van der Waals surface area contributed by atoms with Crippen molar-refractivity contribution >= 4 is 11.8 Å². The molecule has 0 amide bonds. The van der Waals surface area contributed by atoms with E-state index < -0.39 is 0 Å². The number of aromatic nitrogens is 1. The second-order valence-corrected chi connectivity index (χ2v) is 7.22. The van der Waals surface area contributed by atoms with Crippen LogP contribution < -0.4 is 5.32 Å². The van der Waals surface area contributed by atoms with Gasteiger partial charge in [-0.3, -0.25) is 4.90 Å². The van der Waals surface area contributed by atoms with Crippen molar-refractivity contribution in [2.75, 3.05) is 25.5 Å². The van der Waals surface area contributed by atoms with Crippen LogP contribution in [0.3, 0.4) is 0 Å². The van der Waals surface area contributed by atoms with Gasteiger partial charge in [0.2, 0.25) is 0 Å². The van der Waals surface area contributed by atoms with Gasteiger partial charge in [-0.05, 0) is 50.4 Å². The van der Waals surface area contributed by atoms with Gasteiger partial charge in [0.05, 0.1) is 6.10 Å². The van der Waals surface area contributed by atoms with Gasteiger partial charge in [0.25, 0.3) is 0 Å². The molecular formula is C22H31N3O2. The quantitative estimate of drug-likeness (QED) is 0.800. The van der Waals surface area contributed by atoms with Crippen LogP contribution in [0.4, 0.5) is 5.82 Å². The van der Waals surface area contributed by atoms with Gasteiger partial charge < -0.3 is 10.1 Å². The Hall–Kier alpha value is -2.40. The number of benzene rings is 1. The predicted molar refractivity (Wildman–Crippen MR) is 110 cm³/mol. The average molecular weight is 370 g/mol. The van der Waals surface area contributed by atoms with E-state index in [9.17, 15) is 4.79 Å². The van der Waals surface area contributed by atoms with Crippen LogP contribution >= 0.6 is 0 Å². The number of carbonyl (C=O) groups is 1. The van der Waals surface area contributed by atoms with Crippen LogP contribution in [0.5, 0.6) is 0 Å². The summed E-state index contributed by atoms with van der Waals surface area (Å²) < 4.78 is 5.06. The van der Waals surface area contributed by atoms with Gasteiger partial charge in [-0.2, -0.15) is 0 Å². The number of anilines is 1. The third-order valence-electron chi connectivity index (χ3n) is 4.36. The summed E-state index contributed by atoms with van der Waals surface area (Å²) in [5.74, 6) is 1.08. The first kappa shape index (κ1) is 20.9. The summed E-state index contributed by atoms with van der Waals surface area (Å²) in [5.41, 5.74) is 1.90. The number of likely N-dealkylation sites (tertiary alicyclic amines) is 1. The van der Waals surface area contributed by atoms with Crippen molar-refractivity contribution in [2.45, 2.75) is 39.8 Å². The van der Waals surface area contributed by atoms with Crippen LogP contribution in [-0.2, 0) is 11.3 Å². The molecule has 0 spiro atoms. The highest BCUT2D eigenvalue weighted by atomic mass is 16.5. The maximum absolute atomic E-state index is 11.5. The Labute approximate surface area is 162 Å². The predicted octanol–water partition coefficient (Wildman–Crippen LogP) is 4.22. The first-order valence-electron chi connectivity index (χ1n) is 9.59. The van der Waals surface area contributed by atoms with E-state index in [4.69, 9.17) is 4.74 Å². The number of ether oxygens (including phenoxy) is 1. The normalized spacial score (nSPS) is 16.6. The minimum atomic E-state index is -0.350. The molecule has 2 heterocycles. The van der Waals surface area contributed by atoms with Crippen molar-refractivity contribution in [1.82, 2.24) is 9.88 Å². The van der Waals surface area contributed by atoms with Crippen LogP contribution in [0.25, 0.3) is 0 Å². The second-order valence-electron chi connectivity index (χ2n) is 7.22. The molecular weight excluding hydrogens is 338 g/mol. The minimum absolute atomic E-state index is 0.118. The number of nitrogens with zero attached hydrogens (tertiary/aromatic N) is 2. The topological polar surface area (TPSA) is 54.5 Å². The fraction of sp³-hybridized carbons (Fsp3) is 0.455. The largest absolute Gasteiger partial charge is 0.459 e. The molecule has 0 bridgehead atoms. The summed E-state index contributed by atoms with van der Waals surface area (Å²) in [5, 5.41) is 2.84. The number of pyridine rings is 1. The molecule has 0 aliphatic carbocycles. The van der Waals surface area contributed by atoms with Crippen molar-refractivity contribution in [3.05, 3.63) is 59.8 Å². The van der Waals surface area contributed by atoms with Crippen molar-refractivity contribution < 1.29 is 9.53 Å². The van der Waals surface area contributed by atoms with Gasteiger partial charge in [0, 0.05) is 26.3 Å². The Kier molecular flexibility index (Phi) is 8.27. The summed E-state index contributed by atoms with van der Waals surface area (Å²) in [4.78, 5) is 18.1. The van der Waals surface area contributed by atoms with Crippen LogP contribution in [0.2, 0.25) is 0 Å². The lowest BCUT2D eigenvalue weighted by atomic mass is 10.2. The highest BCUT2D eigenvalue weighted by Gasteiger charge is 2.18. The number of esters is 1. The summed E-state index contributed by atoms with van der Waals surface area (Å²) in [6, 6.07) is 14.1. The summed E-state index contributed by atoms with van der Waals surface area (Å²) >= 11 is 0. The van der Waals surface area contributed by atoms with Crippen LogP contribution in [0.1, 0.15) is 43.1 Å². The van der Waals surface area contributed by atoms with E-state index in [2.05, 4.69) is 52.5 Å². The zero-order chi connectivity index (χ0) is 19.6. The highest BCUT2D eigenvalue weighted by molar-refractivity contribution is 5.94. The highest BCUT2D eigenvalue weighted by Crippen LogP contribution is 2.17. The zero-order valence-electron chi connectivity index (χ0n) is 16.8. The van der Waals surface area contributed by atoms with Gasteiger partial charge in [-0.25, -0.2) is 9.78 Å². The molecule has 1 aromatic heterocycles. The number of carbonyl (C=O) groups excluding carboxylic acids is 1. The first-order valence-corrected chi connectivity index (χ1v) is 9.59. The molecule has 2 aromatic rings. The maximum atomic E-state index is 11.5. The Balaban J connectivity index is 0.000000194. The van der Waals surface area contributed by atoms with Gasteiger partial charge in [0.15, 0.2) is 0 Å². The van der Waals surface area contributed by atoms with Gasteiger partial charge in [-0.1, -0.05) is 37.3 Å². The van der Waals surface area contributed by atoms with Gasteiger partial charge in [-0.15, -0.1) is 0 Å². The Morgan fingerprint density at radius 1 is 1.26 bits per heavy atom. The Bertz CT molecular complexity index is 704. The molecule has 27 heavy (non-hydrogen) atoms. The number of nitrogens with one attached hydrogen (secondary N) is 1. The lowest BCUT2D eigenvalue weighted by Gasteiger charge is -2.14. The maximum Gasteiger partial charge on any atom is 0.342 e. The van der Waals surface area contributed by atoms with E-state index in [1.165, 1.54) is 25.1 Å². The molecule has 0 saturated carbocycles. The SMILES string of the molecule is CC1CCN(Cc2ccccc2)C1.CNc1ncccc1C(=O)OC(C)C. The summed E-state index contributed by atoms with van der Waals surface area (Å²) in [6.45, 7) is 9.64. The van der Waals surface area contributed by atoms with E-state index in [0.29, 0.717) is 11.4 Å². The molecule has 1 unspecified atom stereocenters. The fourth-order valence-corrected chi connectivity index (χ4v) is 3.06. The molecule has 1 aromatic carbocycles. The number of hydrogen-bond donors (Lipinski definition) is 1. The minimum Gasteiger partial charge on any atom is -0.459 e. The van der Waals surface area contributed by atoms with Crippen LogP contribution in [-0.4, -0.2) is 42.1 Å². The standard InChI is InChI=1S/C12H17N.C10H14N2O2/c1-11-7-8-13(9-11)10-12-5-3-2-4-6-12;1-7(2)14-10(13)8-5-4-6-12-9(8)11-3/h2-6,11H,7-10H2,1H3;4-7H,1-3H3,(H,11,12). The van der Waals surface area contributed by atoms with Crippen molar-refractivity contribution in [1.29, 1.82) is 0 Å². The van der Waals surface area contributed by atoms with Crippen molar-refractivity contribution in [3.63, 3.8) is 0 Å².